The summed E-state index contributed by atoms with van der Waals surface area (Å²) in [6, 6.07) is 7.82. The molecule has 1 aromatic rings. The van der Waals surface area contributed by atoms with Gasteiger partial charge in [-0.1, -0.05) is 30.8 Å². The van der Waals surface area contributed by atoms with E-state index >= 15 is 0 Å². The molecular formula is C10H11N. The van der Waals surface area contributed by atoms with Gasteiger partial charge >= 0.3 is 0 Å². The van der Waals surface area contributed by atoms with Crippen LogP contribution in [0.2, 0.25) is 0 Å². The van der Waals surface area contributed by atoms with Gasteiger partial charge in [-0.3, -0.25) is 0 Å². The number of rotatable bonds is 1. The Morgan fingerprint density at radius 3 is 2.64 bits per heavy atom. The van der Waals surface area contributed by atoms with E-state index in [2.05, 4.69) is 6.58 Å². The molecule has 0 amide bonds. The third kappa shape index (κ3) is 1.55. The van der Waals surface area contributed by atoms with E-state index in [-0.39, 0.29) is 0 Å². The van der Waals surface area contributed by atoms with Crippen molar-refractivity contribution in [3.63, 3.8) is 0 Å². The van der Waals surface area contributed by atoms with Crippen molar-refractivity contribution in [3.8, 4) is 0 Å². The quantitative estimate of drug-likeness (QED) is 0.568. The van der Waals surface area contributed by atoms with E-state index in [9.17, 15) is 0 Å². The van der Waals surface area contributed by atoms with Gasteiger partial charge in [0.25, 0.3) is 0 Å². The fourth-order valence-electron chi connectivity index (χ4n) is 0.983. The van der Waals surface area contributed by atoms with Gasteiger partial charge in [0.2, 0.25) is 0 Å². The fourth-order valence-corrected chi connectivity index (χ4v) is 0.983. The Labute approximate surface area is 66.2 Å². The summed E-state index contributed by atoms with van der Waals surface area (Å²) in [5.41, 5.74) is 0.954. The zero-order valence-electron chi connectivity index (χ0n) is 6.59. The molecule has 0 unspecified atom stereocenters. The van der Waals surface area contributed by atoms with E-state index in [0.29, 0.717) is 0 Å². The van der Waals surface area contributed by atoms with Crippen molar-refractivity contribution < 1.29 is 0 Å². The lowest BCUT2D eigenvalue weighted by molar-refractivity contribution is 1.48. The molecule has 1 N–H and O–H groups in total. The van der Waals surface area contributed by atoms with E-state index in [1.807, 2.05) is 31.2 Å². The summed E-state index contributed by atoms with van der Waals surface area (Å²) in [6.07, 6.45) is 1.35. The molecule has 11 heavy (non-hydrogen) atoms. The highest BCUT2D eigenvalue weighted by Crippen LogP contribution is 1.80. The van der Waals surface area contributed by atoms with Crippen LogP contribution in [0.15, 0.2) is 24.3 Å². The van der Waals surface area contributed by atoms with Crippen LogP contribution in [-0.4, -0.2) is 6.21 Å². The fraction of sp³-hybridized carbons (Fsp3) is 0.100. The first kappa shape index (κ1) is 7.73. The van der Waals surface area contributed by atoms with Crippen LogP contribution in [0.1, 0.15) is 6.92 Å². The Balaban J connectivity index is 3.59. The van der Waals surface area contributed by atoms with Crippen molar-refractivity contribution in [2.24, 2.45) is 0 Å². The zero-order valence-corrected chi connectivity index (χ0v) is 6.59. The molecule has 0 aromatic heterocycles. The minimum absolute atomic E-state index is 0.954. The second-order valence-electron chi connectivity index (χ2n) is 2.48. The molecule has 0 atom stereocenters. The van der Waals surface area contributed by atoms with Gasteiger partial charge in [-0.25, -0.2) is 0 Å². The van der Waals surface area contributed by atoms with Gasteiger partial charge in [0.1, 0.15) is 0 Å². The first-order valence-electron chi connectivity index (χ1n) is 3.51. The summed E-state index contributed by atoms with van der Waals surface area (Å²) in [4.78, 5) is 0. The number of benzene rings is 1. The predicted molar refractivity (Wildman–Crippen MR) is 49.1 cm³/mol. The van der Waals surface area contributed by atoms with Gasteiger partial charge in [0, 0.05) is 6.21 Å². The standard InChI is InChI=1S/C10H11N/c1-8-5-3-4-6-10(8)9(2)7-11/h3-7,11H,1H2,2H3/b10-9+,11-7?. The van der Waals surface area contributed by atoms with E-state index in [1.165, 1.54) is 6.21 Å². The second-order valence-corrected chi connectivity index (χ2v) is 2.48. The number of hydrogen-bond donors (Lipinski definition) is 1. The largest absolute Gasteiger partial charge is 0.308 e. The molecule has 0 radical (unpaired) electrons. The third-order valence-electron chi connectivity index (χ3n) is 1.66. The molecule has 0 bridgehead atoms. The first-order chi connectivity index (χ1) is 5.25. The minimum Gasteiger partial charge on any atom is -0.308 e. The monoisotopic (exact) mass is 145 g/mol. The molecule has 1 heteroatoms. The smallest absolute Gasteiger partial charge is 0.0213 e. The Kier molecular flexibility index (Phi) is 2.21. The molecule has 0 spiro atoms. The summed E-state index contributed by atoms with van der Waals surface area (Å²) in [5.74, 6) is 0. The molecule has 0 fully saturated rings. The summed E-state index contributed by atoms with van der Waals surface area (Å²) in [6.45, 7) is 5.78. The van der Waals surface area contributed by atoms with Crippen molar-refractivity contribution >= 4 is 18.4 Å². The number of hydrogen-bond acceptors (Lipinski definition) is 1. The Bertz CT molecular complexity index is 363. The lowest BCUT2D eigenvalue weighted by Crippen LogP contribution is -2.24. The Hall–Kier alpha value is -1.37. The van der Waals surface area contributed by atoms with Gasteiger partial charge in [-0.05, 0) is 22.9 Å². The Morgan fingerprint density at radius 2 is 2.09 bits per heavy atom. The highest BCUT2D eigenvalue weighted by Gasteiger charge is 1.84. The van der Waals surface area contributed by atoms with Crippen LogP contribution in [0.4, 0.5) is 0 Å². The van der Waals surface area contributed by atoms with Crippen LogP contribution in [0.25, 0.3) is 12.2 Å². The molecule has 0 saturated heterocycles. The van der Waals surface area contributed by atoms with Gasteiger partial charge in [0.15, 0.2) is 0 Å². The van der Waals surface area contributed by atoms with Gasteiger partial charge in [0.05, 0.1) is 0 Å². The first-order valence-corrected chi connectivity index (χ1v) is 3.51. The molecule has 0 heterocycles. The lowest BCUT2D eigenvalue weighted by Gasteiger charge is -1.90. The lowest BCUT2D eigenvalue weighted by atomic mass is 10.2. The minimum atomic E-state index is 0.954. The molecule has 0 aliphatic heterocycles. The van der Waals surface area contributed by atoms with Crippen molar-refractivity contribution in [3.05, 3.63) is 34.7 Å². The van der Waals surface area contributed by atoms with Crippen molar-refractivity contribution in [2.75, 3.05) is 0 Å². The van der Waals surface area contributed by atoms with Crippen LogP contribution in [-0.2, 0) is 0 Å². The van der Waals surface area contributed by atoms with Gasteiger partial charge in [-0.2, -0.15) is 0 Å². The second kappa shape index (κ2) is 3.15. The van der Waals surface area contributed by atoms with E-state index < -0.39 is 0 Å². The molecule has 0 aliphatic carbocycles. The van der Waals surface area contributed by atoms with Crippen LogP contribution in [0.5, 0.6) is 0 Å². The Morgan fingerprint density at radius 1 is 1.45 bits per heavy atom. The average Bonchev–Trinajstić information content (AvgIpc) is 2.04. The maximum Gasteiger partial charge on any atom is 0.0213 e. The number of nitrogens with one attached hydrogen (secondary N) is 1. The van der Waals surface area contributed by atoms with Crippen LogP contribution in [0, 0.1) is 5.41 Å². The zero-order chi connectivity index (χ0) is 8.27. The molecule has 56 valence electrons. The highest BCUT2D eigenvalue weighted by molar-refractivity contribution is 5.98. The normalized spacial score (nSPS) is 12.5. The molecule has 1 rings (SSSR count). The topological polar surface area (TPSA) is 23.9 Å². The third-order valence-corrected chi connectivity index (χ3v) is 1.66. The van der Waals surface area contributed by atoms with Crippen molar-refractivity contribution in [1.29, 1.82) is 5.41 Å². The summed E-state index contributed by atoms with van der Waals surface area (Å²) in [7, 11) is 0. The molecule has 1 aromatic carbocycles. The van der Waals surface area contributed by atoms with Crippen molar-refractivity contribution in [2.45, 2.75) is 6.92 Å². The van der Waals surface area contributed by atoms with Crippen LogP contribution >= 0.6 is 0 Å². The molecule has 0 saturated carbocycles. The molecule has 1 nitrogen and oxygen atoms in total. The summed E-state index contributed by atoms with van der Waals surface area (Å²) < 4.78 is 0. The van der Waals surface area contributed by atoms with E-state index in [0.717, 1.165) is 16.0 Å². The maximum absolute atomic E-state index is 7.05. The maximum atomic E-state index is 7.05. The van der Waals surface area contributed by atoms with Crippen LogP contribution in [0.3, 0.4) is 0 Å². The van der Waals surface area contributed by atoms with E-state index in [4.69, 9.17) is 5.41 Å². The average molecular weight is 145 g/mol. The van der Waals surface area contributed by atoms with Gasteiger partial charge in [-0.15, -0.1) is 0 Å². The highest BCUT2D eigenvalue weighted by atomic mass is 14.3. The van der Waals surface area contributed by atoms with E-state index in [1.54, 1.807) is 0 Å². The summed E-state index contributed by atoms with van der Waals surface area (Å²) >= 11 is 0. The summed E-state index contributed by atoms with van der Waals surface area (Å²) in [5, 5.41) is 9.09. The molecule has 0 aliphatic rings. The van der Waals surface area contributed by atoms with Crippen molar-refractivity contribution in [1.82, 2.24) is 0 Å². The predicted octanol–water partition coefficient (Wildman–Crippen LogP) is 0.917. The SMILES string of the molecule is C=c1cccc/c1=C(/C)C=N. The van der Waals surface area contributed by atoms with Gasteiger partial charge < -0.3 is 5.41 Å². The molecular weight excluding hydrogens is 134 g/mol. The van der Waals surface area contributed by atoms with Crippen LogP contribution < -0.4 is 10.4 Å².